The third-order valence-electron chi connectivity index (χ3n) is 4.81. The fraction of sp³-hybridized carbons (Fsp3) is 0.125. The maximum atomic E-state index is 12.5. The van der Waals surface area contributed by atoms with Crippen molar-refractivity contribution < 1.29 is 9.53 Å². The van der Waals surface area contributed by atoms with Crippen LogP contribution in [-0.2, 0) is 4.79 Å². The molecule has 0 bridgehead atoms. The summed E-state index contributed by atoms with van der Waals surface area (Å²) in [5.74, 6) is 1.54. The molecule has 6 nitrogen and oxygen atoms in total. The quantitative estimate of drug-likeness (QED) is 0.431. The Labute approximate surface area is 185 Å². The van der Waals surface area contributed by atoms with E-state index in [1.165, 1.54) is 6.08 Å². The van der Waals surface area contributed by atoms with Gasteiger partial charge in [-0.05, 0) is 55.3 Å². The maximum absolute atomic E-state index is 12.5. The van der Waals surface area contributed by atoms with Crippen molar-refractivity contribution in [2.45, 2.75) is 13.8 Å². The molecule has 0 saturated heterocycles. The minimum atomic E-state index is -0.272. The Bertz CT molecular complexity index is 1290. The lowest BCUT2D eigenvalue weighted by atomic mass is 10.1. The number of hydrogen-bond acceptors (Lipinski definition) is 4. The van der Waals surface area contributed by atoms with Crippen molar-refractivity contribution in [3.05, 3.63) is 82.5 Å². The van der Waals surface area contributed by atoms with Crippen LogP contribution in [0.2, 0.25) is 5.02 Å². The molecule has 0 aliphatic carbocycles. The first-order valence-electron chi connectivity index (χ1n) is 9.70. The highest BCUT2D eigenvalue weighted by molar-refractivity contribution is 6.30. The molecule has 2 aromatic heterocycles. The number of para-hydroxylation sites is 1. The van der Waals surface area contributed by atoms with Crippen LogP contribution in [0.15, 0.2) is 60.7 Å². The van der Waals surface area contributed by atoms with Gasteiger partial charge in [-0.3, -0.25) is 4.79 Å². The molecule has 1 N–H and O–H groups in total. The molecule has 7 heteroatoms. The number of nitrogens with zero attached hydrogens (tertiary/aromatic N) is 3. The van der Waals surface area contributed by atoms with E-state index in [9.17, 15) is 4.79 Å². The highest BCUT2D eigenvalue weighted by atomic mass is 35.5. The Morgan fingerprint density at radius 3 is 2.65 bits per heavy atom. The fourth-order valence-electron chi connectivity index (χ4n) is 3.32. The van der Waals surface area contributed by atoms with E-state index >= 15 is 0 Å². The summed E-state index contributed by atoms with van der Waals surface area (Å²) in [6.45, 7) is 3.88. The van der Waals surface area contributed by atoms with Crippen molar-refractivity contribution in [3.8, 4) is 11.6 Å². The first-order chi connectivity index (χ1) is 14.9. The summed E-state index contributed by atoms with van der Waals surface area (Å²) in [6.07, 6.45) is 3.19. The van der Waals surface area contributed by atoms with Gasteiger partial charge in [0.15, 0.2) is 5.82 Å². The number of nitrogens with one attached hydrogen (secondary N) is 1. The number of carbonyl (C=O) groups excluding carboxylic acids is 1. The molecule has 0 spiro atoms. The SMILES string of the molecule is COc1cccc2c(C)cc(-n3nc(C)cc3NC(=O)/C=C/c3ccc(Cl)cc3)nc12. The maximum Gasteiger partial charge on any atom is 0.249 e. The number of hydrogen-bond donors (Lipinski definition) is 1. The first-order valence-corrected chi connectivity index (χ1v) is 10.1. The molecule has 2 heterocycles. The molecule has 4 rings (SSSR count). The zero-order valence-corrected chi connectivity index (χ0v) is 18.1. The van der Waals surface area contributed by atoms with E-state index in [1.54, 1.807) is 36.1 Å². The number of anilines is 1. The molecule has 2 aromatic carbocycles. The van der Waals surface area contributed by atoms with Gasteiger partial charge < -0.3 is 10.1 Å². The van der Waals surface area contributed by atoms with Crippen LogP contribution < -0.4 is 10.1 Å². The predicted molar refractivity (Wildman–Crippen MR) is 124 cm³/mol. The Morgan fingerprint density at radius 1 is 1.13 bits per heavy atom. The van der Waals surface area contributed by atoms with E-state index in [4.69, 9.17) is 21.3 Å². The molecule has 156 valence electrons. The number of aromatic nitrogens is 3. The van der Waals surface area contributed by atoms with Crippen molar-refractivity contribution >= 4 is 40.3 Å². The van der Waals surface area contributed by atoms with E-state index < -0.39 is 0 Å². The van der Waals surface area contributed by atoms with E-state index in [2.05, 4.69) is 10.4 Å². The molecule has 0 unspecified atom stereocenters. The number of methoxy groups -OCH3 is 1. The van der Waals surface area contributed by atoms with Gasteiger partial charge in [-0.15, -0.1) is 0 Å². The van der Waals surface area contributed by atoms with E-state index in [0.29, 0.717) is 22.4 Å². The number of aryl methyl sites for hydroxylation is 2. The number of rotatable bonds is 5. The number of fused-ring (bicyclic) bond motifs is 1. The normalized spacial score (nSPS) is 11.2. The molecule has 0 fully saturated rings. The lowest BCUT2D eigenvalue weighted by Crippen LogP contribution is -2.13. The summed E-state index contributed by atoms with van der Waals surface area (Å²) >= 11 is 5.90. The molecular formula is C24H21ClN4O2. The second-order valence-corrected chi connectivity index (χ2v) is 7.55. The van der Waals surface area contributed by atoms with Gasteiger partial charge >= 0.3 is 0 Å². The minimum Gasteiger partial charge on any atom is -0.494 e. The average molecular weight is 433 g/mol. The van der Waals surface area contributed by atoms with Crippen LogP contribution in [0.1, 0.15) is 16.8 Å². The number of halogens is 1. The third-order valence-corrected chi connectivity index (χ3v) is 5.06. The van der Waals surface area contributed by atoms with Crippen LogP contribution in [0.25, 0.3) is 22.8 Å². The summed E-state index contributed by atoms with van der Waals surface area (Å²) in [6, 6.07) is 16.8. The molecule has 4 aromatic rings. The number of carbonyl (C=O) groups is 1. The van der Waals surface area contributed by atoms with Crippen LogP contribution in [0, 0.1) is 13.8 Å². The lowest BCUT2D eigenvalue weighted by Gasteiger charge is -2.11. The zero-order valence-electron chi connectivity index (χ0n) is 17.4. The molecule has 0 aliphatic rings. The van der Waals surface area contributed by atoms with Gasteiger partial charge in [0, 0.05) is 22.6 Å². The van der Waals surface area contributed by atoms with Gasteiger partial charge in [0.05, 0.1) is 12.8 Å². The molecule has 0 radical (unpaired) electrons. The topological polar surface area (TPSA) is 69.0 Å². The molecule has 1 amide bonds. The van der Waals surface area contributed by atoms with Crippen LogP contribution in [-0.4, -0.2) is 27.8 Å². The smallest absolute Gasteiger partial charge is 0.249 e. The molecule has 0 aliphatic heterocycles. The molecule has 0 atom stereocenters. The Morgan fingerprint density at radius 2 is 1.90 bits per heavy atom. The molecular weight excluding hydrogens is 412 g/mol. The standard InChI is InChI=1S/C24H21ClN4O2/c1-15-13-21(27-24-19(15)5-4-6-20(24)31-3)29-22(14-16(2)28-29)26-23(30)12-9-17-7-10-18(25)11-8-17/h4-14H,1-3H3,(H,26,30)/b12-9+. The van der Waals surface area contributed by atoms with Gasteiger partial charge in [-0.25, -0.2) is 4.98 Å². The summed E-state index contributed by atoms with van der Waals surface area (Å²) in [5.41, 5.74) is 3.42. The zero-order chi connectivity index (χ0) is 22.0. The van der Waals surface area contributed by atoms with E-state index in [-0.39, 0.29) is 5.91 Å². The Kier molecular flexibility index (Phi) is 5.73. The summed E-state index contributed by atoms with van der Waals surface area (Å²) in [5, 5.41) is 9.06. The highest BCUT2D eigenvalue weighted by Gasteiger charge is 2.14. The summed E-state index contributed by atoms with van der Waals surface area (Å²) < 4.78 is 7.10. The van der Waals surface area contributed by atoms with Crippen molar-refractivity contribution in [2.75, 3.05) is 12.4 Å². The van der Waals surface area contributed by atoms with Crippen molar-refractivity contribution in [3.63, 3.8) is 0 Å². The molecule has 31 heavy (non-hydrogen) atoms. The van der Waals surface area contributed by atoms with Gasteiger partial charge in [-0.1, -0.05) is 35.9 Å². The first kappa shape index (κ1) is 20.6. The van der Waals surface area contributed by atoms with Crippen LogP contribution >= 0.6 is 11.6 Å². The van der Waals surface area contributed by atoms with Crippen LogP contribution in [0.5, 0.6) is 5.75 Å². The van der Waals surface area contributed by atoms with Gasteiger partial charge in [-0.2, -0.15) is 9.78 Å². The minimum absolute atomic E-state index is 0.272. The molecule has 0 saturated carbocycles. The monoisotopic (exact) mass is 432 g/mol. The van der Waals surface area contributed by atoms with Gasteiger partial charge in [0.25, 0.3) is 0 Å². The van der Waals surface area contributed by atoms with Crippen LogP contribution in [0.4, 0.5) is 5.82 Å². The number of ether oxygens (including phenoxy) is 1. The summed E-state index contributed by atoms with van der Waals surface area (Å²) in [4.78, 5) is 17.3. The van der Waals surface area contributed by atoms with Gasteiger partial charge in [0.2, 0.25) is 5.91 Å². The fourth-order valence-corrected chi connectivity index (χ4v) is 3.45. The van der Waals surface area contributed by atoms with Crippen molar-refractivity contribution in [2.24, 2.45) is 0 Å². The van der Waals surface area contributed by atoms with Crippen molar-refractivity contribution in [1.29, 1.82) is 0 Å². The van der Waals surface area contributed by atoms with Crippen LogP contribution in [0.3, 0.4) is 0 Å². The van der Waals surface area contributed by atoms with Crippen molar-refractivity contribution in [1.82, 2.24) is 14.8 Å². The second-order valence-electron chi connectivity index (χ2n) is 7.11. The van der Waals surface area contributed by atoms with Gasteiger partial charge in [0.1, 0.15) is 17.1 Å². The second kappa shape index (κ2) is 8.62. The largest absolute Gasteiger partial charge is 0.494 e. The number of pyridine rings is 1. The Hall–Kier alpha value is -3.64. The van der Waals surface area contributed by atoms with E-state index in [0.717, 1.165) is 27.7 Å². The predicted octanol–water partition coefficient (Wildman–Crippen LogP) is 5.35. The lowest BCUT2D eigenvalue weighted by molar-refractivity contribution is -0.111. The number of amides is 1. The number of benzene rings is 2. The third kappa shape index (κ3) is 4.44. The highest BCUT2D eigenvalue weighted by Crippen LogP contribution is 2.28. The summed E-state index contributed by atoms with van der Waals surface area (Å²) in [7, 11) is 1.62. The average Bonchev–Trinajstić information content (AvgIpc) is 3.12. The Balaban J connectivity index is 1.66. The van der Waals surface area contributed by atoms with E-state index in [1.807, 2.05) is 50.2 Å².